The summed E-state index contributed by atoms with van der Waals surface area (Å²) in [5.41, 5.74) is 32.3. The Morgan fingerprint density at radius 3 is 1.30 bits per heavy atom. The maximum Gasteiger partial charge on any atom is 0.261 e. The first-order valence-corrected chi connectivity index (χ1v) is 33.0. The lowest BCUT2D eigenvalue weighted by atomic mass is 9.29. The minimum Gasteiger partial charge on any atom is -0.458 e. The molecule has 19 rings (SSSR count). The van der Waals surface area contributed by atoms with Crippen molar-refractivity contribution in [2.75, 3.05) is 19.6 Å². The van der Waals surface area contributed by atoms with Gasteiger partial charge in [-0.25, -0.2) is 0 Å². The van der Waals surface area contributed by atoms with E-state index in [2.05, 4.69) is 340 Å². The quantitative estimate of drug-likeness (QED) is 0.141. The van der Waals surface area contributed by atoms with Gasteiger partial charge < -0.3 is 29.1 Å². The van der Waals surface area contributed by atoms with Crippen LogP contribution >= 0.6 is 0 Å². The smallest absolute Gasteiger partial charge is 0.261 e. The van der Waals surface area contributed by atoms with E-state index in [1.165, 1.54) is 83.4 Å². The second-order valence-corrected chi connectivity index (χ2v) is 27.1. The van der Waals surface area contributed by atoms with Gasteiger partial charge in [0.05, 0.1) is 0 Å². The number of anilines is 12. The third kappa shape index (κ3) is 7.56. The van der Waals surface area contributed by atoms with Gasteiger partial charge in [0.25, 0.3) is 13.4 Å². The molecule has 0 unspecified atom stereocenters. The van der Waals surface area contributed by atoms with Gasteiger partial charge >= 0.3 is 0 Å². The van der Waals surface area contributed by atoms with Gasteiger partial charge in [-0.1, -0.05) is 191 Å². The molecule has 94 heavy (non-hydrogen) atoms. The Kier molecular flexibility index (Phi) is 11.7. The van der Waals surface area contributed by atoms with Gasteiger partial charge in [-0.15, -0.1) is 0 Å². The Morgan fingerprint density at radius 1 is 0.319 bits per heavy atom. The van der Waals surface area contributed by atoms with Crippen LogP contribution in [0.1, 0.15) is 61.1 Å². The first-order chi connectivity index (χ1) is 46.0. The molecular formula is C86H64B2N4O2. The SMILES string of the molecule is Cc1c2c(c(C)c3c1B1c4ccccc4N(c4ccccc4)c4c1c(cc1c4C(C)(C)c4cc(N(c5ccccc5)c5ccccc5)ccc4-1)N3c1ccccc1)Oc1cc3c(c4c1B2c1ccccc1O4)C(C)(C)c1cc(N(c2ccccc2)c2ccccc2)ccc1-3. The average molecular weight is 1210 g/mol. The maximum atomic E-state index is 7.84. The summed E-state index contributed by atoms with van der Waals surface area (Å²) in [5, 5.41) is 0. The predicted octanol–water partition coefficient (Wildman–Crippen LogP) is 18.7. The lowest BCUT2D eigenvalue weighted by Gasteiger charge is -2.48. The van der Waals surface area contributed by atoms with Crippen molar-refractivity contribution in [1.82, 2.24) is 0 Å². The molecule has 0 bridgehead atoms. The third-order valence-electron chi connectivity index (χ3n) is 21.4. The van der Waals surface area contributed by atoms with Crippen molar-refractivity contribution in [1.29, 1.82) is 0 Å². The van der Waals surface area contributed by atoms with Crippen molar-refractivity contribution in [3.63, 3.8) is 0 Å². The Bertz CT molecular complexity index is 5230. The molecule has 0 atom stereocenters. The van der Waals surface area contributed by atoms with E-state index in [0.717, 1.165) is 96.2 Å². The van der Waals surface area contributed by atoms with Crippen LogP contribution in [0.4, 0.5) is 68.2 Å². The third-order valence-corrected chi connectivity index (χ3v) is 21.4. The molecule has 13 aromatic carbocycles. The number of rotatable bonds is 8. The molecule has 0 amide bonds. The second kappa shape index (κ2) is 20.1. The zero-order valence-electron chi connectivity index (χ0n) is 53.3. The van der Waals surface area contributed by atoms with Crippen molar-refractivity contribution < 1.29 is 9.47 Å². The van der Waals surface area contributed by atoms with Crippen LogP contribution in [0.5, 0.6) is 23.0 Å². The molecule has 446 valence electrons. The van der Waals surface area contributed by atoms with E-state index in [1.54, 1.807) is 0 Å². The molecule has 0 aromatic heterocycles. The van der Waals surface area contributed by atoms with Crippen LogP contribution in [0.15, 0.2) is 279 Å². The Balaban J connectivity index is 0.856. The highest BCUT2D eigenvalue weighted by Crippen LogP contribution is 2.61. The van der Waals surface area contributed by atoms with E-state index in [1.807, 2.05) is 0 Å². The lowest BCUT2D eigenvalue weighted by molar-refractivity contribution is 0.452. The summed E-state index contributed by atoms with van der Waals surface area (Å²) in [5.74, 6) is 3.53. The normalized spacial score (nSPS) is 14.5. The molecule has 0 radical (unpaired) electrons. The molecule has 2 aliphatic carbocycles. The molecule has 13 aromatic rings. The van der Waals surface area contributed by atoms with Crippen molar-refractivity contribution >= 4 is 114 Å². The van der Waals surface area contributed by atoms with Gasteiger partial charge in [0.15, 0.2) is 0 Å². The van der Waals surface area contributed by atoms with Gasteiger partial charge in [-0.2, -0.15) is 0 Å². The van der Waals surface area contributed by atoms with Gasteiger partial charge in [-0.05, 0) is 201 Å². The van der Waals surface area contributed by atoms with E-state index in [0.29, 0.717) is 0 Å². The number of para-hydroxylation sites is 8. The minimum atomic E-state index is -0.454. The van der Waals surface area contributed by atoms with Gasteiger partial charge in [0, 0.05) is 95.7 Å². The van der Waals surface area contributed by atoms with Crippen LogP contribution in [-0.2, 0) is 10.8 Å². The largest absolute Gasteiger partial charge is 0.458 e. The van der Waals surface area contributed by atoms with Crippen molar-refractivity contribution in [2.24, 2.45) is 0 Å². The fourth-order valence-corrected chi connectivity index (χ4v) is 17.4. The molecule has 4 aliphatic heterocycles. The van der Waals surface area contributed by atoms with E-state index >= 15 is 0 Å². The van der Waals surface area contributed by atoms with Crippen LogP contribution in [-0.4, -0.2) is 13.4 Å². The first kappa shape index (κ1) is 54.5. The summed E-state index contributed by atoms with van der Waals surface area (Å²) in [6.45, 7) is 14.1. The molecule has 6 nitrogen and oxygen atoms in total. The van der Waals surface area contributed by atoms with Crippen molar-refractivity contribution in [3.8, 4) is 45.3 Å². The molecule has 8 heteroatoms. The summed E-state index contributed by atoms with van der Waals surface area (Å²) >= 11 is 0. The highest BCUT2D eigenvalue weighted by molar-refractivity contribution is 7.03. The van der Waals surface area contributed by atoms with E-state index in [4.69, 9.17) is 9.47 Å². The Morgan fingerprint density at radius 2 is 0.755 bits per heavy atom. The molecule has 6 aliphatic rings. The van der Waals surface area contributed by atoms with Crippen molar-refractivity contribution in [2.45, 2.75) is 52.4 Å². The standard InChI is InChI=1S/C86H64B2N4O2/c1-53-77-81(54(2)83-78(53)88-70-42-26-28-44-73(70)93-84-76-66(52-74(94-83)80(84)88)64-48-46-62(50-68(64)86(76,5)6)90(57-33-17-9-18-34-57)58-35-19-10-20-36-58)92(60-39-23-12-24-40-60)72-51-65-63-47-45-61(89(55-29-13-7-14-30-55)56-31-15-8-16-32-56)49-67(63)85(3,4)75(65)82-79(72)87(77)69-41-25-27-43-71(69)91(82)59-37-21-11-22-38-59/h7-52H,1-6H3. The lowest BCUT2D eigenvalue weighted by Crippen LogP contribution is -2.65. The van der Waals surface area contributed by atoms with Gasteiger partial charge in [0.1, 0.15) is 23.0 Å². The molecule has 0 fully saturated rings. The molecular weight excluding hydrogens is 1140 g/mol. The van der Waals surface area contributed by atoms with Crippen LogP contribution in [0, 0.1) is 13.8 Å². The monoisotopic (exact) mass is 1210 g/mol. The second-order valence-electron chi connectivity index (χ2n) is 27.1. The summed E-state index contributed by atoms with van der Waals surface area (Å²) in [7, 11) is 0. The molecule has 0 saturated carbocycles. The van der Waals surface area contributed by atoms with Crippen molar-refractivity contribution in [3.05, 3.63) is 312 Å². The van der Waals surface area contributed by atoms with E-state index in [-0.39, 0.29) is 13.4 Å². The molecule has 0 N–H and O–H groups in total. The first-order valence-electron chi connectivity index (χ1n) is 33.0. The number of nitrogens with zero attached hydrogens (tertiary/aromatic N) is 4. The summed E-state index contributed by atoms with van der Waals surface area (Å²) in [6, 6.07) is 102. The van der Waals surface area contributed by atoms with Gasteiger partial charge in [0.2, 0.25) is 0 Å². The fourth-order valence-electron chi connectivity index (χ4n) is 17.4. The zero-order chi connectivity index (χ0) is 62.9. The number of hydrogen-bond donors (Lipinski definition) is 0. The Hall–Kier alpha value is -11.2. The van der Waals surface area contributed by atoms with Gasteiger partial charge in [-0.3, -0.25) is 0 Å². The summed E-state index contributed by atoms with van der Waals surface area (Å²) in [6.07, 6.45) is 0. The topological polar surface area (TPSA) is 31.4 Å². The van der Waals surface area contributed by atoms with Crippen LogP contribution in [0.2, 0.25) is 0 Å². The molecule has 4 heterocycles. The van der Waals surface area contributed by atoms with E-state index in [9.17, 15) is 0 Å². The molecule has 0 spiro atoms. The number of hydrogen-bond acceptors (Lipinski definition) is 6. The summed E-state index contributed by atoms with van der Waals surface area (Å²) < 4.78 is 15.3. The predicted molar refractivity (Wildman–Crippen MR) is 392 cm³/mol. The number of benzene rings is 13. The van der Waals surface area contributed by atoms with Crippen LogP contribution < -0.4 is 61.9 Å². The zero-order valence-corrected chi connectivity index (χ0v) is 53.3. The fraction of sp³-hybridized carbons (Fsp3) is 0.0930. The van der Waals surface area contributed by atoms with Crippen LogP contribution in [0.3, 0.4) is 0 Å². The average Bonchev–Trinajstić information content (AvgIpc) is 1.23. The van der Waals surface area contributed by atoms with Crippen LogP contribution in [0.25, 0.3) is 22.3 Å². The van der Waals surface area contributed by atoms with E-state index < -0.39 is 10.8 Å². The summed E-state index contributed by atoms with van der Waals surface area (Å²) in [4.78, 5) is 9.97. The maximum absolute atomic E-state index is 7.84. The molecule has 0 saturated heterocycles. The minimum absolute atomic E-state index is 0.169. The number of fused-ring (bicyclic) bond motifs is 16. The number of ether oxygens (including phenoxy) is 2. The highest BCUT2D eigenvalue weighted by atomic mass is 16.5. The Labute approximate surface area is 550 Å². The highest BCUT2D eigenvalue weighted by Gasteiger charge is 2.54.